The molecule has 0 amide bonds. The molecule has 0 saturated heterocycles. The van der Waals surface area contributed by atoms with Crippen LogP contribution in [0, 0.1) is 6.92 Å². The number of aryl methyl sites for hydroxylation is 1. The van der Waals surface area contributed by atoms with Gasteiger partial charge >= 0.3 is 0 Å². The van der Waals surface area contributed by atoms with E-state index in [4.69, 9.17) is 4.74 Å². The van der Waals surface area contributed by atoms with E-state index in [1.807, 2.05) is 60.7 Å². The molecule has 1 N–H and O–H groups in total. The third kappa shape index (κ3) is 4.30. The van der Waals surface area contributed by atoms with Crippen LogP contribution in [0.3, 0.4) is 0 Å². The number of anilines is 1. The number of benzene rings is 3. The lowest BCUT2D eigenvalue weighted by Gasteiger charge is -2.09. The Morgan fingerprint density at radius 2 is 1.41 bits per heavy atom. The largest absolute Gasteiger partial charge is 0.457 e. The van der Waals surface area contributed by atoms with Crippen molar-refractivity contribution in [3.05, 3.63) is 96.8 Å². The van der Waals surface area contributed by atoms with Gasteiger partial charge in [-0.3, -0.25) is 4.72 Å². The molecule has 4 rings (SSSR count). The molecule has 0 fully saturated rings. The number of nitrogens with zero attached hydrogens (tertiary/aromatic N) is 2. The van der Waals surface area contributed by atoms with E-state index in [0.717, 1.165) is 5.69 Å². The van der Waals surface area contributed by atoms with Gasteiger partial charge in [0.05, 0.1) is 17.6 Å². The van der Waals surface area contributed by atoms with Gasteiger partial charge in [0.2, 0.25) is 0 Å². The number of rotatable bonds is 6. The predicted octanol–water partition coefficient (Wildman–Crippen LogP) is 4.77. The van der Waals surface area contributed by atoms with Crippen molar-refractivity contribution in [3.8, 4) is 17.2 Å². The van der Waals surface area contributed by atoms with Crippen molar-refractivity contribution >= 4 is 15.7 Å². The van der Waals surface area contributed by atoms with Gasteiger partial charge in [-0.2, -0.15) is 5.10 Å². The Bertz CT molecular complexity index is 1200. The van der Waals surface area contributed by atoms with E-state index < -0.39 is 10.0 Å². The SMILES string of the molecule is Cc1nn(-c2ccccc2)cc1S(=O)(=O)Nc1ccc(Oc2ccccc2)cc1. The maximum Gasteiger partial charge on any atom is 0.265 e. The zero-order chi connectivity index (χ0) is 20.3. The minimum atomic E-state index is -3.78. The summed E-state index contributed by atoms with van der Waals surface area (Å²) in [6.07, 6.45) is 1.51. The minimum Gasteiger partial charge on any atom is -0.457 e. The van der Waals surface area contributed by atoms with Crippen molar-refractivity contribution in [1.82, 2.24) is 9.78 Å². The monoisotopic (exact) mass is 405 g/mol. The van der Waals surface area contributed by atoms with Crippen LogP contribution in [0.15, 0.2) is 96.0 Å². The molecule has 4 aromatic rings. The number of hydrogen-bond acceptors (Lipinski definition) is 4. The van der Waals surface area contributed by atoms with Crippen molar-refractivity contribution < 1.29 is 13.2 Å². The normalized spacial score (nSPS) is 11.2. The Morgan fingerprint density at radius 1 is 0.828 bits per heavy atom. The van der Waals surface area contributed by atoms with E-state index in [1.165, 1.54) is 6.20 Å². The van der Waals surface area contributed by atoms with Crippen molar-refractivity contribution in [3.63, 3.8) is 0 Å². The van der Waals surface area contributed by atoms with Crippen molar-refractivity contribution in [2.24, 2.45) is 0 Å². The lowest BCUT2D eigenvalue weighted by Crippen LogP contribution is -2.13. The summed E-state index contributed by atoms with van der Waals surface area (Å²) < 4.78 is 35.6. The summed E-state index contributed by atoms with van der Waals surface area (Å²) in [4.78, 5) is 0.131. The van der Waals surface area contributed by atoms with Crippen LogP contribution in [0.4, 0.5) is 5.69 Å². The molecule has 0 bridgehead atoms. The van der Waals surface area contributed by atoms with E-state index in [0.29, 0.717) is 22.9 Å². The highest BCUT2D eigenvalue weighted by molar-refractivity contribution is 7.92. The predicted molar refractivity (Wildman–Crippen MR) is 112 cm³/mol. The van der Waals surface area contributed by atoms with Crippen LogP contribution in [0.2, 0.25) is 0 Å². The van der Waals surface area contributed by atoms with Gasteiger partial charge < -0.3 is 4.74 Å². The Balaban J connectivity index is 1.52. The number of sulfonamides is 1. The van der Waals surface area contributed by atoms with E-state index >= 15 is 0 Å². The molecule has 0 atom stereocenters. The molecule has 29 heavy (non-hydrogen) atoms. The molecule has 146 valence electrons. The van der Waals surface area contributed by atoms with Crippen LogP contribution in [-0.2, 0) is 10.0 Å². The standard InChI is InChI=1S/C22H19N3O3S/c1-17-22(16-25(23-17)19-8-4-2-5-9-19)29(26,27)24-18-12-14-21(15-13-18)28-20-10-6-3-7-11-20/h2-16,24H,1H3. The van der Waals surface area contributed by atoms with E-state index in [2.05, 4.69) is 9.82 Å². The highest BCUT2D eigenvalue weighted by atomic mass is 32.2. The van der Waals surface area contributed by atoms with Crippen LogP contribution in [0.1, 0.15) is 5.69 Å². The summed E-state index contributed by atoms with van der Waals surface area (Å²) in [5.74, 6) is 1.33. The number of para-hydroxylation sites is 2. The lowest BCUT2D eigenvalue weighted by molar-refractivity contribution is 0.483. The smallest absolute Gasteiger partial charge is 0.265 e. The fraction of sp³-hybridized carbons (Fsp3) is 0.0455. The first-order valence-corrected chi connectivity index (χ1v) is 10.5. The van der Waals surface area contributed by atoms with Gasteiger partial charge in [0.1, 0.15) is 16.4 Å². The van der Waals surface area contributed by atoms with Crippen LogP contribution >= 0.6 is 0 Å². The molecular formula is C22H19N3O3S. The fourth-order valence-electron chi connectivity index (χ4n) is 2.85. The third-order valence-corrected chi connectivity index (χ3v) is 5.73. The molecule has 0 aliphatic carbocycles. The fourth-order valence-corrected chi connectivity index (χ4v) is 4.07. The van der Waals surface area contributed by atoms with E-state index in [1.54, 1.807) is 35.9 Å². The zero-order valence-corrected chi connectivity index (χ0v) is 16.5. The zero-order valence-electron chi connectivity index (χ0n) is 15.7. The van der Waals surface area contributed by atoms with Crippen molar-refractivity contribution in [1.29, 1.82) is 0 Å². The van der Waals surface area contributed by atoms with Crippen LogP contribution < -0.4 is 9.46 Å². The summed E-state index contributed by atoms with van der Waals surface area (Å²) in [6.45, 7) is 1.67. The van der Waals surface area contributed by atoms with Gasteiger partial charge in [-0.1, -0.05) is 36.4 Å². The molecule has 0 radical (unpaired) electrons. The third-order valence-electron chi connectivity index (χ3n) is 4.25. The summed E-state index contributed by atoms with van der Waals surface area (Å²) in [5.41, 5.74) is 1.65. The molecule has 1 aromatic heterocycles. The van der Waals surface area contributed by atoms with Crippen LogP contribution in [0.5, 0.6) is 11.5 Å². The van der Waals surface area contributed by atoms with Crippen molar-refractivity contribution in [2.45, 2.75) is 11.8 Å². The number of ether oxygens (including phenoxy) is 1. The van der Waals surface area contributed by atoms with Gasteiger partial charge in [0, 0.05) is 5.69 Å². The average molecular weight is 405 g/mol. The summed E-state index contributed by atoms with van der Waals surface area (Å²) in [6, 6.07) is 25.5. The Hall–Kier alpha value is -3.58. The second-order valence-electron chi connectivity index (χ2n) is 6.40. The van der Waals surface area contributed by atoms with Gasteiger partial charge in [0.15, 0.2) is 0 Å². The van der Waals surface area contributed by atoms with Crippen LogP contribution in [-0.4, -0.2) is 18.2 Å². The molecule has 6 nitrogen and oxygen atoms in total. The minimum absolute atomic E-state index is 0.131. The molecule has 7 heteroatoms. The van der Waals surface area contributed by atoms with E-state index in [9.17, 15) is 8.42 Å². The summed E-state index contributed by atoms with van der Waals surface area (Å²) in [5, 5.41) is 4.33. The van der Waals surface area contributed by atoms with Crippen LogP contribution in [0.25, 0.3) is 5.69 Å². The average Bonchev–Trinajstić information content (AvgIpc) is 3.14. The van der Waals surface area contributed by atoms with E-state index in [-0.39, 0.29) is 4.90 Å². The highest BCUT2D eigenvalue weighted by Gasteiger charge is 2.21. The molecule has 3 aromatic carbocycles. The highest BCUT2D eigenvalue weighted by Crippen LogP contribution is 2.25. The summed E-state index contributed by atoms with van der Waals surface area (Å²) in [7, 11) is -3.78. The first-order chi connectivity index (χ1) is 14.0. The molecular weight excluding hydrogens is 386 g/mol. The van der Waals surface area contributed by atoms with Gasteiger partial charge in [-0.05, 0) is 55.5 Å². The van der Waals surface area contributed by atoms with Gasteiger partial charge in [-0.15, -0.1) is 0 Å². The molecule has 0 saturated carbocycles. The molecule has 0 aliphatic heterocycles. The molecule has 0 spiro atoms. The Morgan fingerprint density at radius 3 is 2.07 bits per heavy atom. The second kappa shape index (κ2) is 7.81. The molecule has 0 unspecified atom stereocenters. The van der Waals surface area contributed by atoms with Gasteiger partial charge in [0.25, 0.3) is 10.0 Å². The number of nitrogens with one attached hydrogen (secondary N) is 1. The summed E-state index contributed by atoms with van der Waals surface area (Å²) >= 11 is 0. The first kappa shape index (κ1) is 18.8. The number of hydrogen-bond donors (Lipinski definition) is 1. The number of aromatic nitrogens is 2. The van der Waals surface area contributed by atoms with Gasteiger partial charge in [-0.25, -0.2) is 13.1 Å². The Kier molecular flexibility index (Phi) is 5.05. The first-order valence-electron chi connectivity index (χ1n) is 8.99. The molecule has 1 heterocycles. The topological polar surface area (TPSA) is 73.2 Å². The lowest BCUT2D eigenvalue weighted by atomic mass is 10.3. The molecule has 0 aliphatic rings. The quantitative estimate of drug-likeness (QED) is 0.501. The van der Waals surface area contributed by atoms with Crippen molar-refractivity contribution in [2.75, 3.05) is 4.72 Å². The maximum absolute atomic E-state index is 12.8. The Labute approximate surface area is 169 Å². The second-order valence-corrected chi connectivity index (χ2v) is 8.05. The maximum atomic E-state index is 12.8.